The largest absolute Gasteiger partial charge is 0.406 e. The number of nitrogens with one attached hydrogen (secondary N) is 2. The molecule has 2 aliphatic heterocycles. The maximum Gasteiger partial charge on any atom is 0.406 e. The van der Waals surface area contributed by atoms with Gasteiger partial charge < -0.3 is 10.6 Å². The van der Waals surface area contributed by atoms with E-state index >= 15 is 0 Å². The van der Waals surface area contributed by atoms with Crippen molar-refractivity contribution < 1.29 is 13.2 Å². The lowest BCUT2D eigenvalue weighted by Gasteiger charge is -2.30. The molecular weight excluding hydrogens is 241 g/mol. The number of alkyl halides is 3. The molecule has 1 saturated carbocycles. The number of hydrogen-bond acceptors (Lipinski definition) is 2. The SMILES string of the molecule is FC(F)(F)C1(NCCC2CC3CCC(C2)N3)CC1. The van der Waals surface area contributed by atoms with Crippen molar-refractivity contribution in [3.05, 3.63) is 0 Å². The van der Waals surface area contributed by atoms with Crippen LogP contribution in [0, 0.1) is 5.92 Å². The van der Waals surface area contributed by atoms with Crippen molar-refractivity contribution in [2.24, 2.45) is 5.92 Å². The monoisotopic (exact) mass is 262 g/mol. The van der Waals surface area contributed by atoms with Crippen molar-refractivity contribution >= 4 is 0 Å². The second-order valence-electron chi connectivity index (χ2n) is 6.27. The molecule has 18 heavy (non-hydrogen) atoms. The first-order valence-corrected chi connectivity index (χ1v) is 7.06. The molecule has 0 aromatic rings. The van der Waals surface area contributed by atoms with Crippen molar-refractivity contribution in [2.45, 2.75) is 68.7 Å². The maximum absolute atomic E-state index is 12.7. The summed E-state index contributed by atoms with van der Waals surface area (Å²) in [6, 6.07) is 1.26. The van der Waals surface area contributed by atoms with Crippen LogP contribution in [0.3, 0.4) is 0 Å². The van der Waals surface area contributed by atoms with Crippen molar-refractivity contribution in [1.82, 2.24) is 10.6 Å². The minimum absolute atomic E-state index is 0.258. The molecule has 2 nitrogen and oxygen atoms in total. The van der Waals surface area contributed by atoms with Crippen LogP contribution in [-0.2, 0) is 0 Å². The van der Waals surface area contributed by atoms with E-state index in [4.69, 9.17) is 0 Å². The average molecular weight is 262 g/mol. The lowest BCUT2D eigenvalue weighted by molar-refractivity contribution is -0.165. The van der Waals surface area contributed by atoms with Gasteiger partial charge in [0.05, 0.1) is 0 Å². The van der Waals surface area contributed by atoms with Crippen molar-refractivity contribution in [3.63, 3.8) is 0 Å². The highest BCUT2D eigenvalue weighted by molar-refractivity contribution is 5.07. The molecule has 2 N–H and O–H groups in total. The molecule has 2 saturated heterocycles. The molecule has 0 aromatic carbocycles. The molecule has 2 bridgehead atoms. The zero-order valence-corrected chi connectivity index (χ0v) is 10.5. The molecular formula is C13H21F3N2. The first-order valence-electron chi connectivity index (χ1n) is 7.06. The molecule has 3 fully saturated rings. The van der Waals surface area contributed by atoms with E-state index in [0.717, 1.165) is 19.3 Å². The van der Waals surface area contributed by atoms with Crippen molar-refractivity contribution in [2.75, 3.05) is 6.54 Å². The molecule has 2 unspecified atom stereocenters. The van der Waals surface area contributed by atoms with E-state index in [0.29, 0.717) is 24.5 Å². The second kappa shape index (κ2) is 4.37. The fraction of sp³-hybridized carbons (Fsp3) is 1.00. The molecule has 3 aliphatic rings. The summed E-state index contributed by atoms with van der Waals surface area (Å²) in [5.74, 6) is 0.611. The summed E-state index contributed by atoms with van der Waals surface area (Å²) >= 11 is 0. The van der Waals surface area contributed by atoms with Gasteiger partial charge in [-0.25, -0.2) is 0 Å². The summed E-state index contributed by atoms with van der Waals surface area (Å²) in [4.78, 5) is 0. The Labute approximate surface area is 106 Å². The van der Waals surface area contributed by atoms with E-state index < -0.39 is 11.7 Å². The average Bonchev–Trinajstić information content (AvgIpc) is 3.00. The predicted octanol–water partition coefficient (Wildman–Crippen LogP) is 2.59. The van der Waals surface area contributed by atoms with Crippen LogP contribution < -0.4 is 10.6 Å². The second-order valence-corrected chi connectivity index (χ2v) is 6.27. The van der Waals surface area contributed by atoms with Crippen molar-refractivity contribution in [1.29, 1.82) is 0 Å². The zero-order chi connectivity index (χ0) is 12.8. The predicted molar refractivity (Wildman–Crippen MR) is 63.3 cm³/mol. The first kappa shape index (κ1) is 12.7. The van der Waals surface area contributed by atoms with Gasteiger partial charge in [-0.1, -0.05) is 0 Å². The van der Waals surface area contributed by atoms with Gasteiger partial charge in [-0.05, 0) is 57.4 Å². The van der Waals surface area contributed by atoms with E-state index in [9.17, 15) is 13.2 Å². The van der Waals surface area contributed by atoms with Gasteiger partial charge in [0, 0.05) is 12.1 Å². The molecule has 104 valence electrons. The number of hydrogen-bond donors (Lipinski definition) is 2. The molecule has 0 aromatic heterocycles. The van der Waals surface area contributed by atoms with Gasteiger partial charge in [-0.2, -0.15) is 13.2 Å². The van der Waals surface area contributed by atoms with E-state index in [1.165, 1.54) is 12.8 Å². The fourth-order valence-electron chi connectivity index (χ4n) is 3.61. The number of rotatable bonds is 4. The standard InChI is InChI=1S/C13H21F3N2/c14-13(15,16)12(4-5-12)17-6-3-9-7-10-1-2-11(8-9)18-10/h9-11,17-18H,1-8H2. The van der Waals surface area contributed by atoms with Gasteiger partial charge >= 0.3 is 6.18 Å². The summed E-state index contributed by atoms with van der Waals surface area (Å²) in [6.45, 7) is 0.517. The Hall–Kier alpha value is -0.290. The van der Waals surface area contributed by atoms with Crippen LogP contribution in [0.5, 0.6) is 0 Å². The molecule has 0 radical (unpaired) electrons. The summed E-state index contributed by atoms with van der Waals surface area (Å²) in [5.41, 5.74) is -1.53. The third kappa shape index (κ3) is 2.39. The maximum atomic E-state index is 12.7. The normalized spacial score (nSPS) is 37.8. The Bertz CT molecular complexity index is 300. The lowest BCUT2D eigenvalue weighted by atomic mass is 9.89. The number of piperidine rings is 1. The molecule has 0 amide bonds. The van der Waals surface area contributed by atoms with E-state index in [-0.39, 0.29) is 12.8 Å². The molecule has 3 rings (SSSR count). The van der Waals surface area contributed by atoms with Crippen LogP contribution in [-0.4, -0.2) is 30.3 Å². The van der Waals surface area contributed by atoms with E-state index in [1.807, 2.05) is 0 Å². The Morgan fingerprint density at radius 2 is 1.72 bits per heavy atom. The lowest BCUT2D eigenvalue weighted by Crippen LogP contribution is -2.46. The van der Waals surface area contributed by atoms with Crippen LogP contribution in [0.4, 0.5) is 13.2 Å². The van der Waals surface area contributed by atoms with E-state index in [1.54, 1.807) is 0 Å². The number of fused-ring (bicyclic) bond motifs is 2. The topological polar surface area (TPSA) is 24.1 Å². The summed E-state index contributed by atoms with van der Waals surface area (Å²) in [6.07, 6.45) is 2.14. The molecule has 0 spiro atoms. The third-order valence-electron chi connectivity index (χ3n) is 4.88. The van der Waals surface area contributed by atoms with Gasteiger partial charge in [0.2, 0.25) is 0 Å². The highest BCUT2D eigenvalue weighted by Gasteiger charge is 2.62. The third-order valence-corrected chi connectivity index (χ3v) is 4.88. The minimum Gasteiger partial charge on any atom is -0.311 e. The summed E-state index contributed by atoms with van der Waals surface area (Å²) < 4.78 is 38.2. The minimum atomic E-state index is -4.07. The molecule has 2 atom stereocenters. The van der Waals surface area contributed by atoms with Crippen LogP contribution in [0.1, 0.15) is 44.9 Å². The van der Waals surface area contributed by atoms with Gasteiger partial charge in [0.15, 0.2) is 0 Å². The Morgan fingerprint density at radius 3 is 2.22 bits per heavy atom. The van der Waals surface area contributed by atoms with Crippen LogP contribution >= 0.6 is 0 Å². The smallest absolute Gasteiger partial charge is 0.311 e. The number of halogens is 3. The molecule has 5 heteroatoms. The quantitative estimate of drug-likeness (QED) is 0.813. The fourth-order valence-corrected chi connectivity index (χ4v) is 3.61. The molecule has 2 heterocycles. The van der Waals surface area contributed by atoms with Gasteiger partial charge in [0.25, 0.3) is 0 Å². The van der Waals surface area contributed by atoms with E-state index in [2.05, 4.69) is 10.6 Å². The van der Waals surface area contributed by atoms with Crippen LogP contribution in [0.2, 0.25) is 0 Å². The Morgan fingerprint density at radius 1 is 1.11 bits per heavy atom. The van der Waals surface area contributed by atoms with Gasteiger partial charge in [-0.3, -0.25) is 0 Å². The van der Waals surface area contributed by atoms with Crippen LogP contribution in [0.15, 0.2) is 0 Å². The Kier molecular flexibility index (Phi) is 3.09. The van der Waals surface area contributed by atoms with Gasteiger partial charge in [-0.15, -0.1) is 0 Å². The zero-order valence-electron chi connectivity index (χ0n) is 10.5. The van der Waals surface area contributed by atoms with Crippen molar-refractivity contribution in [3.8, 4) is 0 Å². The van der Waals surface area contributed by atoms with Crippen LogP contribution in [0.25, 0.3) is 0 Å². The highest BCUT2D eigenvalue weighted by atomic mass is 19.4. The summed E-state index contributed by atoms with van der Waals surface area (Å²) in [7, 11) is 0. The first-order chi connectivity index (χ1) is 8.48. The highest BCUT2D eigenvalue weighted by Crippen LogP contribution is 2.49. The summed E-state index contributed by atoms with van der Waals surface area (Å²) in [5, 5.41) is 6.33. The molecule has 1 aliphatic carbocycles. The Balaban J connectivity index is 1.43. The van der Waals surface area contributed by atoms with Gasteiger partial charge in [0.1, 0.15) is 5.54 Å².